The third-order valence-corrected chi connectivity index (χ3v) is 4.88. The summed E-state index contributed by atoms with van der Waals surface area (Å²) in [5.41, 5.74) is 0.730. The summed E-state index contributed by atoms with van der Waals surface area (Å²) >= 11 is 0. The quantitative estimate of drug-likeness (QED) is 0.405. The van der Waals surface area contributed by atoms with Crippen LogP contribution in [0, 0.1) is 5.92 Å². The number of nitrogens with one attached hydrogen (secondary N) is 3. The Kier molecular flexibility index (Phi) is 8.18. The van der Waals surface area contributed by atoms with E-state index in [0.29, 0.717) is 12.8 Å². The Morgan fingerprint density at radius 1 is 1.06 bits per heavy atom. The number of hydrogen-bond acceptors (Lipinski definition) is 6. The Hall–Kier alpha value is -3.36. The van der Waals surface area contributed by atoms with Crippen molar-refractivity contribution in [3.8, 4) is 5.75 Å². The minimum absolute atomic E-state index is 0.162. The van der Waals surface area contributed by atoms with Gasteiger partial charge in [-0.25, -0.2) is 4.79 Å². The molecule has 31 heavy (non-hydrogen) atoms. The SMILES string of the molecule is C=C1NC(=O)[C@@H](CCCc2ccc(O)cc2)NC(=O)[C@@H](C(C)C)OC(=O)[C@H](C)NC1=O. The van der Waals surface area contributed by atoms with E-state index in [1.807, 2.05) is 0 Å². The van der Waals surface area contributed by atoms with E-state index < -0.39 is 41.9 Å². The summed E-state index contributed by atoms with van der Waals surface area (Å²) in [6, 6.07) is 4.73. The number of aromatic hydroxyl groups is 1. The van der Waals surface area contributed by atoms with Gasteiger partial charge < -0.3 is 25.8 Å². The summed E-state index contributed by atoms with van der Waals surface area (Å²) in [6.07, 6.45) is 0.330. The zero-order valence-electron chi connectivity index (χ0n) is 17.9. The lowest BCUT2D eigenvalue weighted by atomic mass is 10.0. The number of rotatable bonds is 5. The molecular formula is C22H29N3O6. The fourth-order valence-electron chi connectivity index (χ4n) is 3.05. The van der Waals surface area contributed by atoms with Gasteiger partial charge in [-0.05, 0) is 49.8 Å². The number of phenols is 1. The van der Waals surface area contributed by atoms with E-state index in [0.717, 1.165) is 5.56 Å². The van der Waals surface area contributed by atoms with Crippen molar-refractivity contribution in [2.75, 3.05) is 0 Å². The molecule has 9 heteroatoms. The molecule has 0 aromatic heterocycles. The maximum absolute atomic E-state index is 12.8. The van der Waals surface area contributed by atoms with Gasteiger partial charge in [0, 0.05) is 0 Å². The molecule has 1 saturated heterocycles. The molecular weight excluding hydrogens is 402 g/mol. The summed E-state index contributed by atoms with van der Waals surface area (Å²) in [7, 11) is 0. The fraction of sp³-hybridized carbons (Fsp3) is 0.455. The highest BCUT2D eigenvalue weighted by molar-refractivity contribution is 6.01. The molecule has 0 radical (unpaired) electrons. The standard InChI is InChI=1S/C22H29N3O6/c1-12(2)18-21(29)25-17(7-5-6-15-8-10-16(26)11-9-15)20(28)23-13(3)19(27)24-14(4)22(30)31-18/h8-12,14,17-18,26H,3,5-7H2,1-2,4H3,(H,23,28)(H,24,27)(H,25,29)/t14-,17+,18+/m0/s1. The van der Waals surface area contributed by atoms with Crippen LogP contribution in [0.15, 0.2) is 36.5 Å². The fourth-order valence-corrected chi connectivity index (χ4v) is 3.05. The Morgan fingerprint density at radius 2 is 1.71 bits per heavy atom. The summed E-state index contributed by atoms with van der Waals surface area (Å²) in [5.74, 6) is -2.82. The van der Waals surface area contributed by atoms with Crippen molar-refractivity contribution in [3.05, 3.63) is 42.1 Å². The highest BCUT2D eigenvalue weighted by Gasteiger charge is 2.33. The lowest BCUT2D eigenvalue weighted by Crippen LogP contribution is -2.54. The van der Waals surface area contributed by atoms with Crippen molar-refractivity contribution in [1.29, 1.82) is 0 Å². The molecule has 1 heterocycles. The van der Waals surface area contributed by atoms with Crippen LogP contribution in [0.2, 0.25) is 0 Å². The van der Waals surface area contributed by atoms with Gasteiger partial charge in [0.1, 0.15) is 17.8 Å². The molecule has 168 valence electrons. The lowest BCUT2D eigenvalue weighted by molar-refractivity contribution is -0.161. The van der Waals surface area contributed by atoms with Gasteiger partial charge in [-0.15, -0.1) is 0 Å². The zero-order valence-corrected chi connectivity index (χ0v) is 17.9. The highest BCUT2D eigenvalue weighted by Crippen LogP contribution is 2.14. The van der Waals surface area contributed by atoms with E-state index in [-0.39, 0.29) is 23.8 Å². The number of carbonyl (C=O) groups excluding carboxylic acids is 4. The molecule has 0 saturated carbocycles. The number of amides is 3. The maximum atomic E-state index is 12.8. The molecule has 4 N–H and O–H groups in total. The van der Waals surface area contributed by atoms with Gasteiger partial charge in [-0.3, -0.25) is 14.4 Å². The third kappa shape index (κ3) is 6.84. The van der Waals surface area contributed by atoms with Gasteiger partial charge >= 0.3 is 5.97 Å². The van der Waals surface area contributed by atoms with E-state index in [2.05, 4.69) is 22.5 Å². The molecule has 0 spiro atoms. The normalized spacial score (nSPS) is 23.2. The van der Waals surface area contributed by atoms with Crippen LogP contribution in [-0.2, 0) is 30.3 Å². The topological polar surface area (TPSA) is 134 Å². The predicted octanol–water partition coefficient (Wildman–Crippen LogP) is 0.916. The van der Waals surface area contributed by atoms with E-state index in [1.54, 1.807) is 38.1 Å². The van der Waals surface area contributed by atoms with Crippen molar-refractivity contribution in [3.63, 3.8) is 0 Å². The van der Waals surface area contributed by atoms with Crippen molar-refractivity contribution in [2.24, 2.45) is 5.92 Å². The van der Waals surface area contributed by atoms with Crippen LogP contribution in [-0.4, -0.2) is 47.0 Å². The summed E-state index contributed by atoms with van der Waals surface area (Å²) < 4.78 is 5.31. The van der Waals surface area contributed by atoms with E-state index in [4.69, 9.17) is 4.74 Å². The highest BCUT2D eigenvalue weighted by atomic mass is 16.5. The van der Waals surface area contributed by atoms with Gasteiger partial charge in [0.05, 0.1) is 5.70 Å². The molecule has 9 nitrogen and oxygen atoms in total. The second-order valence-electron chi connectivity index (χ2n) is 7.88. The van der Waals surface area contributed by atoms with Crippen molar-refractivity contribution in [2.45, 2.75) is 58.2 Å². The molecule has 1 fully saturated rings. The molecule has 2 rings (SSSR count). The summed E-state index contributed by atoms with van der Waals surface area (Å²) in [5, 5.41) is 16.8. The number of ether oxygens (including phenoxy) is 1. The van der Waals surface area contributed by atoms with Crippen LogP contribution in [0.25, 0.3) is 0 Å². The molecule has 0 bridgehead atoms. The van der Waals surface area contributed by atoms with Crippen LogP contribution in [0.5, 0.6) is 5.75 Å². The smallest absolute Gasteiger partial charge is 0.329 e. The number of cyclic esters (lactones) is 1. The van der Waals surface area contributed by atoms with Crippen molar-refractivity contribution in [1.82, 2.24) is 16.0 Å². The first kappa shape index (κ1) is 23.9. The van der Waals surface area contributed by atoms with Gasteiger partial charge in [0.25, 0.3) is 11.8 Å². The Bertz CT molecular complexity index is 849. The van der Waals surface area contributed by atoms with Crippen molar-refractivity contribution >= 4 is 23.7 Å². The van der Waals surface area contributed by atoms with Crippen LogP contribution < -0.4 is 16.0 Å². The first-order chi connectivity index (χ1) is 14.6. The van der Waals surface area contributed by atoms with E-state index in [1.165, 1.54) is 6.92 Å². The Labute approximate surface area is 181 Å². The van der Waals surface area contributed by atoms with Crippen LogP contribution in [0.1, 0.15) is 39.2 Å². The molecule has 1 aliphatic rings. The summed E-state index contributed by atoms with van der Waals surface area (Å²) in [6.45, 7) is 8.39. The van der Waals surface area contributed by atoms with Crippen LogP contribution in [0.3, 0.4) is 0 Å². The van der Waals surface area contributed by atoms with E-state index in [9.17, 15) is 24.3 Å². The monoisotopic (exact) mass is 431 g/mol. The van der Waals surface area contributed by atoms with Crippen LogP contribution in [0.4, 0.5) is 0 Å². The zero-order chi connectivity index (χ0) is 23.1. The second kappa shape index (κ2) is 10.6. The molecule has 0 unspecified atom stereocenters. The van der Waals surface area contributed by atoms with Gasteiger partial charge in [-0.1, -0.05) is 32.6 Å². The van der Waals surface area contributed by atoms with E-state index >= 15 is 0 Å². The first-order valence-electron chi connectivity index (χ1n) is 10.2. The molecule has 3 atom stereocenters. The van der Waals surface area contributed by atoms with Gasteiger partial charge in [-0.2, -0.15) is 0 Å². The summed E-state index contributed by atoms with van der Waals surface area (Å²) in [4.78, 5) is 50.0. The number of esters is 1. The first-order valence-corrected chi connectivity index (χ1v) is 10.2. The molecule has 1 aromatic carbocycles. The van der Waals surface area contributed by atoms with Crippen molar-refractivity contribution < 1.29 is 29.0 Å². The molecule has 3 amide bonds. The number of aryl methyl sites for hydroxylation is 1. The molecule has 1 aromatic rings. The number of benzene rings is 1. The number of carbonyl (C=O) groups is 4. The molecule has 0 aliphatic carbocycles. The van der Waals surface area contributed by atoms with Gasteiger partial charge in [0.2, 0.25) is 5.91 Å². The maximum Gasteiger partial charge on any atom is 0.329 e. The van der Waals surface area contributed by atoms with Gasteiger partial charge in [0.15, 0.2) is 6.10 Å². The predicted molar refractivity (Wildman–Crippen MR) is 113 cm³/mol. The largest absolute Gasteiger partial charge is 0.508 e. The average molecular weight is 431 g/mol. The lowest BCUT2D eigenvalue weighted by Gasteiger charge is -2.27. The molecule has 1 aliphatic heterocycles. The van der Waals surface area contributed by atoms with Crippen LogP contribution >= 0.6 is 0 Å². The third-order valence-electron chi connectivity index (χ3n) is 4.88. The number of hydrogen-bond donors (Lipinski definition) is 4. The minimum atomic E-state index is -1.11. The Morgan fingerprint density at radius 3 is 2.32 bits per heavy atom. The Balaban J connectivity index is 2.17. The second-order valence-corrected chi connectivity index (χ2v) is 7.88. The average Bonchev–Trinajstić information content (AvgIpc) is 2.71. The number of phenolic OH excluding ortho intramolecular Hbond substituents is 1. The minimum Gasteiger partial charge on any atom is -0.508 e.